The summed E-state index contributed by atoms with van der Waals surface area (Å²) in [4.78, 5) is 0. The van der Waals surface area contributed by atoms with Crippen LogP contribution in [0.2, 0.25) is 5.02 Å². The predicted molar refractivity (Wildman–Crippen MR) is 96.3 cm³/mol. The molecule has 0 spiro atoms. The van der Waals surface area contributed by atoms with Gasteiger partial charge in [-0.3, -0.25) is 0 Å². The Morgan fingerprint density at radius 3 is 2.57 bits per heavy atom. The molecule has 1 fully saturated rings. The van der Waals surface area contributed by atoms with Crippen molar-refractivity contribution in [2.45, 2.75) is 57.2 Å². The Bertz CT molecular complexity index is 387. The molecular formula is C18H28ClNS. The Labute approximate surface area is 139 Å². The Hall–Kier alpha value is -0.180. The minimum Gasteiger partial charge on any atom is -0.313 e. The molecular weight excluding hydrogens is 298 g/mol. The lowest BCUT2D eigenvalue weighted by atomic mass is 9.84. The molecule has 0 heterocycles. The van der Waals surface area contributed by atoms with Crippen molar-refractivity contribution < 1.29 is 0 Å². The fourth-order valence-electron chi connectivity index (χ4n) is 3.11. The van der Waals surface area contributed by atoms with Crippen molar-refractivity contribution >= 4 is 23.4 Å². The van der Waals surface area contributed by atoms with Crippen LogP contribution in [0, 0.1) is 5.92 Å². The summed E-state index contributed by atoms with van der Waals surface area (Å²) in [6.45, 7) is 3.41. The summed E-state index contributed by atoms with van der Waals surface area (Å²) in [6.07, 6.45) is 8.36. The van der Waals surface area contributed by atoms with E-state index in [-0.39, 0.29) is 0 Å². The summed E-state index contributed by atoms with van der Waals surface area (Å²) in [5.41, 5.74) is 1.38. The van der Waals surface area contributed by atoms with Crippen molar-refractivity contribution in [2.75, 3.05) is 12.3 Å². The Morgan fingerprint density at radius 1 is 1.19 bits per heavy atom. The van der Waals surface area contributed by atoms with E-state index in [2.05, 4.69) is 36.1 Å². The molecule has 2 rings (SSSR count). The van der Waals surface area contributed by atoms with E-state index < -0.39 is 0 Å². The van der Waals surface area contributed by atoms with E-state index in [1.807, 2.05) is 12.1 Å². The zero-order chi connectivity index (χ0) is 14.9. The third-order valence-corrected chi connectivity index (χ3v) is 5.74. The lowest BCUT2D eigenvalue weighted by Crippen LogP contribution is -2.39. The van der Waals surface area contributed by atoms with Gasteiger partial charge in [-0.25, -0.2) is 0 Å². The Kier molecular flexibility index (Phi) is 7.98. The van der Waals surface area contributed by atoms with Crippen molar-refractivity contribution in [2.24, 2.45) is 5.92 Å². The summed E-state index contributed by atoms with van der Waals surface area (Å²) in [5, 5.41) is 4.62. The standard InChI is InChI=1S/C18H28ClNS/c1-2-12-20-18(16-6-4-3-5-7-16)14-21-13-15-8-10-17(19)11-9-15/h8-11,16,18,20H,2-7,12-14H2,1H3. The minimum atomic E-state index is 0.697. The first-order valence-electron chi connectivity index (χ1n) is 8.35. The van der Waals surface area contributed by atoms with Crippen LogP contribution in [-0.4, -0.2) is 18.3 Å². The third kappa shape index (κ3) is 6.22. The quantitative estimate of drug-likeness (QED) is 0.675. The van der Waals surface area contributed by atoms with Crippen LogP contribution in [0.4, 0.5) is 0 Å². The molecule has 1 unspecified atom stereocenters. The van der Waals surface area contributed by atoms with Crippen molar-refractivity contribution in [3.63, 3.8) is 0 Å². The third-order valence-electron chi connectivity index (χ3n) is 4.35. The van der Waals surface area contributed by atoms with E-state index in [1.54, 1.807) is 0 Å². The molecule has 1 aliphatic carbocycles. The molecule has 0 aliphatic heterocycles. The maximum atomic E-state index is 5.94. The molecule has 0 aromatic heterocycles. The topological polar surface area (TPSA) is 12.0 Å². The molecule has 1 aromatic rings. The maximum Gasteiger partial charge on any atom is 0.0406 e. The van der Waals surface area contributed by atoms with Gasteiger partial charge in [-0.1, -0.05) is 49.9 Å². The summed E-state index contributed by atoms with van der Waals surface area (Å²) < 4.78 is 0. The smallest absolute Gasteiger partial charge is 0.0406 e. The van der Waals surface area contributed by atoms with Crippen molar-refractivity contribution in [3.05, 3.63) is 34.9 Å². The number of halogens is 1. The molecule has 0 saturated heterocycles. The van der Waals surface area contributed by atoms with Gasteiger partial charge < -0.3 is 5.32 Å². The largest absolute Gasteiger partial charge is 0.313 e. The molecule has 1 aliphatic rings. The second-order valence-corrected chi connectivity index (χ2v) is 7.57. The highest BCUT2D eigenvalue weighted by atomic mass is 35.5. The van der Waals surface area contributed by atoms with Gasteiger partial charge in [-0.2, -0.15) is 11.8 Å². The van der Waals surface area contributed by atoms with Crippen LogP contribution in [0.1, 0.15) is 51.0 Å². The highest BCUT2D eigenvalue weighted by Crippen LogP contribution is 2.28. The Balaban J connectivity index is 1.78. The van der Waals surface area contributed by atoms with Gasteiger partial charge >= 0.3 is 0 Å². The number of thioether (sulfide) groups is 1. The van der Waals surface area contributed by atoms with Gasteiger partial charge in [0.1, 0.15) is 0 Å². The van der Waals surface area contributed by atoms with Gasteiger partial charge in [0.25, 0.3) is 0 Å². The molecule has 3 heteroatoms. The van der Waals surface area contributed by atoms with E-state index in [9.17, 15) is 0 Å². The van der Waals surface area contributed by atoms with Crippen LogP contribution in [0.25, 0.3) is 0 Å². The highest BCUT2D eigenvalue weighted by Gasteiger charge is 2.22. The lowest BCUT2D eigenvalue weighted by molar-refractivity contribution is 0.285. The molecule has 1 N–H and O–H groups in total. The number of hydrogen-bond acceptors (Lipinski definition) is 2. The van der Waals surface area contributed by atoms with Gasteiger partial charge in [-0.15, -0.1) is 0 Å². The summed E-state index contributed by atoms with van der Waals surface area (Å²) in [7, 11) is 0. The predicted octanol–water partition coefficient (Wildman–Crippen LogP) is 5.52. The summed E-state index contributed by atoms with van der Waals surface area (Å²) >= 11 is 8.00. The van der Waals surface area contributed by atoms with E-state index in [4.69, 9.17) is 11.6 Å². The van der Waals surface area contributed by atoms with E-state index in [1.165, 1.54) is 49.8 Å². The molecule has 1 atom stereocenters. The van der Waals surface area contributed by atoms with Crippen molar-refractivity contribution in [1.82, 2.24) is 5.32 Å². The molecule has 0 amide bonds. The SMILES string of the molecule is CCCNC(CSCc1ccc(Cl)cc1)C1CCCCC1. The molecule has 0 bridgehead atoms. The average molecular weight is 326 g/mol. The average Bonchev–Trinajstić information content (AvgIpc) is 2.53. The molecule has 1 saturated carbocycles. The first kappa shape index (κ1) is 17.2. The van der Waals surface area contributed by atoms with Gasteiger partial charge in [0, 0.05) is 22.6 Å². The normalized spacial score (nSPS) is 17.8. The van der Waals surface area contributed by atoms with Gasteiger partial charge in [0.05, 0.1) is 0 Å². The van der Waals surface area contributed by atoms with Crippen LogP contribution < -0.4 is 5.32 Å². The first-order valence-corrected chi connectivity index (χ1v) is 9.88. The van der Waals surface area contributed by atoms with E-state index in [0.717, 1.165) is 23.2 Å². The van der Waals surface area contributed by atoms with Crippen LogP contribution >= 0.6 is 23.4 Å². The van der Waals surface area contributed by atoms with Crippen LogP contribution in [0.3, 0.4) is 0 Å². The zero-order valence-electron chi connectivity index (χ0n) is 13.1. The maximum absolute atomic E-state index is 5.94. The number of hydrogen-bond donors (Lipinski definition) is 1. The fraction of sp³-hybridized carbons (Fsp3) is 0.667. The summed E-state index contributed by atoms with van der Waals surface area (Å²) in [5.74, 6) is 3.21. The zero-order valence-corrected chi connectivity index (χ0v) is 14.7. The fourth-order valence-corrected chi connectivity index (χ4v) is 4.43. The number of nitrogens with one attached hydrogen (secondary N) is 1. The lowest BCUT2D eigenvalue weighted by Gasteiger charge is -2.31. The number of rotatable bonds is 8. The molecule has 1 aromatic carbocycles. The second-order valence-electron chi connectivity index (χ2n) is 6.10. The molecule has 0 radical (unpaired) electrons. The van der Waals surface area contributed by atoms with Crippen molar-refractivity contribution in [3.8, 4) is 0 Å². The van der Waals surface area contributed by atoms with E-state index in [0.29, 0.717) is 6.04 Å². The van der Waals surface area contributed by atoms with Crippen LogP contribution in [0.15, 0.2) is 24.3 Å². The molecule has 21 heavy (non-hydrogen) atoms. The van der Waals surface area contributed by atoms with Crippen LogP contribution in [-0.2, 0) is 5.75 Å². The van der Waals surface area contributed by atoms with Gasteiger partial charge in [-0.05, 0) is 49.4 Å². The highest BCUT2D eigenvalue weighted by molar-refractivity contribution is 7.98. The second kappa shape index (κ2) is 9.76. The van der Waals surface area contributed by atoms with Crippen molar-refractivity contribution in [1.29, 1.82) is 0 Å². The van der Waals surface area contributed by atoms with E-state index >= 15 is 0 Å². The van der Waals surface area contributed by atoms with Crippen LogP contribution in [0.5, 0.6) is 0 Å². The molecule has 118 valence electrons. The molecule has 1 nitrogen and oxygen atoms in total. The Morgan fingerprint density at radius 2 is 1.90 bits per heavy atom. The van der Waals surface area contributed by atoms with Gasteiger partial charge in [0.2, 0.25) is 0 Å². The minimum absolute atomic E-state index is 0.697. The summed E-state index contributed by atoms with van der Waals surface area (Å²) in [6, 6.07) is 8.97. The van der Waals surface area contributed by atoms with Gasteiger partial charge in [0.15, 0.2) is 0 Å². The monoisotopic (exact) mass is 325 g/mol. The number of benzene rings is 1. The first-order chi connectivity index (χ1) is 10.3.